The van der Waals surface area contributed by atoms with E-state index in [1.165, 1.54) is 4.90 Å². The summed E-state index contributed by atoms with van der Waals surface area (Å²) in [5.41, 5.74) is 0. The van der Waals surface area contributed by atoms with Gasteiger partial charge >= 0.3 is 0 Å². The van der Waals surface area contributed by atoms with Crippen molar-refractivity contribution in [2.24, 2.45) is 0 Å². The lowest BCUT2D eigenvalue weighted by atomic mass is 10.2. The lowest BCUT2D eigenvalue weighted by Gasteiger charge is -2.30. The molecule has 6 heteroatoms. The molecule has 1 atom stereocenters. The van der Waals surface area contributed by atoms with Crippen LogP contribution in [0.3, 0.4) is 0 Å². The van der Waals surface area contributed by atoms with Crippen molar-refractivity contribution in [2.75, 3.05) is 13.1 Å². The zero-order chi connectivity index (χ0) is 11.7. The lowest BCUT2D eigenvalue weighted by molar-refractivity contribution is -0.143. The number of hydrogen-bond donors (Lipinski definition) is 1. The molecule has 0 radical (unpaired) electrons. The van der Waals surface area contributed by atoms with Gasteiger partial charge in [-0.25, -0.2) is 4.98 Å². The lowest BCUT2D eigenvalue weighted by Crippen LogP contribution is -2.52. The number of nitrogens with zero attached hydrogens (tertiary/aromatic N) is 2. The van der Waals surface area contributed by atoms with E-state index in [1.807, 2.05) is 0 Å². The largest absolute Gasteiger partial charge is 0.444 e. The Labute approximate surface area is 92.6 Å². The van der Waals surface area contributed by atoms with Crippen LogP contribution < -0.4 is 5.32 Å². The molecule has 1 aromatic heterocycles. The number of aromatic nitrogens is 1. The van der Waals surface area contributed by atoms with Crippen molar-refractivity contribution in [3.05, 3.63) is 17.8 Å². The van der Waals surface area contributed by atoms with Gasteiger partial charge in [0, 0.05) is 0 Å². The maximum absolute atomic E-state index is 11.6. The van der Waals surface area contributed by atoms with Crippen LogP contribution in [0.15, 0.2) is 10.6 Å². The highest BCUT2D eigenvalue weighted by Gasteiger charge is 2.30. The first-order chi connectivity index (χ1) is 7.58. The quantitative estimate of drug-likeness (QED) is 0.765. The molecule has 86 valence electrons. The molecule has 1 N–H and O–H groups in total. The predicted molar refractivity (Wildman–Crippen MR) is 54.4 cm³/mol. The van der Waals surface area contributed by atoms with E-state index in [1.54, 1.807) is 20.0 Å². The first-order valence-electron chi connectivity index (χ1n) is 5.06. The number of aryl methyl sites for hydroxylation is 1. The molecule has 0 aliphatic carbocycles. The summed E-state index contributed by atoms with van der Waals surface area (Å²) in [6.07, 6.45) is 1.60. The fourth-order valence-corrected chi connectivity index (χ4v) is 1.63. The number of carbonyl (C=O) groups is 2. The molecule has 1 unspecified atom stereocenters. The van der Waals surface area contributed by atoms with Crippen LogP contribution in [0.5, 0.6) is 0 Å². The van der Waals surface area contributed by atoms with Gasteiger partial charge in [-0.3, -0.25) is 9.59 Å². The van der Waals surface area contributed by atoms with E-state index >= 15 is 0 Å². The smallest absolute Gasteiger partial charge is 0.243 e. The van der Waals surface area contributed by atoms with Gasteiger partial charge in [0.25, 0.3) is 0 Å². The molecule has 2 heterocycles. The van der Waals surface area contributed by atoms with Crippen molar-refractivity contribution in [3.63, 3.8) is 0 Å². The van der Waals surface area contributed by atoms with Gasteiger partial charge in [0.15, 0.2) is 0 Å². The summed E-state index contributed by atoms with van der Waals surface area (Å²) in [6.45, 7) is 3.68. The van der Waals surface area contributed by atoms with Crippen molar-refractivity contribution < 1.29 is 14.0 Å². The summed E-state index contributed by atoms with van der Waals surface area (Å²) in [5.74, 6) is 0.869. The standard InChI is InChI=1S/C10H13N3O3/c1-6-3-12-10(16-6)7(2)13-5-8(14)11-4-9(13)15/h3,7H,4-5H2,1-2H3,(H,11,14). The van der Waals surface area contributed by atoms with E-state index in [2.05, 4.69) is 10.3 Å². The van der Waals surface area contributed by atoms with Gasteiger partial charge in [0.05, 0.1) is 12.7 Å². The maximum Gasteiger partial charge on any atom is 0.243 e. The molecular formula is C10H13N3O3. The Kier molecular flexibility index (Phi) is 2.64. The predicted octanol–water partition coefficient (Wildman–Crippen LogP) is 0.00242. The van der Waals surface area contributed by atoms with E-state index in [0.29, 0.717) is 11.7 Å². The summed E-state index contributed by atoms with van der Waals surface area (Å²) in [5, 5.41) is 2.49. The molecule has 0 bridgehead atoms. The molecule has 16 heavy (non-hydrogen) atoms. The van der Waals surface area contributed by atoms with Gasteiger partial charge in [0.2, 0.25) is 17.7 Å². The number of nitrogens with one attached hydrogen (secondary N) is 1. The second-order valence-corrected chi connectivity index (χ2v) is 3.78. The number of carbonyl (C=O) groups excluding carboxylic acids is 2. The Morgan fingerprint density at radius 3 is 2.94 bits per heavy atom. The molecule has 2 rings (SSSR count). The first-order valence-corrected chi connectivity index (χ1v) is 5.06. The fourth-order valence-electron chi connectivity index (χ4n) is 1.63. The van der Waals surface area contributed by atoms with E-state index in [4.69, 9.17) is 4.42 Å². The molecule has 0 saturated carbocycles. The van der Waals surface area contributed by atoms with Crippen LogP contribution >= 0.6 is 0 Å². The normalized spacial score (nSPS) is 18.5. The molecule has 1 aliphatic rings. The third-order valence-electron chi connectivity index (χ3n) is 2.54. The van der Waals surface area contributed by atoms with E-state index < -0.39 is 0 Å². The van der Waals surface area contributed by atoms with Crippen LogP contribution in [-0.4, -0.2) is 34.8 Å². The molecule has 1 aromatic rings. The van der Waals surface area contributed by atoms with Crippen LogP contribution in [0, 0.1) is 6.92 Å². The van der Waals surface area contributed by atoms with Gasteiger partial charge < -0.3 is 14.6 Å². The van der Waals surface area contributed by atoms with Crippen molar-refractivity contribution in [3.8, 4) is 0 Å². The third kappa shape index (κ3) is 1.91. The average molecular weight is 223 g/mol. The number of piperazine rings is 1. The van der Waals surface area contributed by atoms with Crippen LogP contribution in [0.25, 0.3) is 0 Å². The van der Waals surface area contributed by atoms with Crippen LogP contribution in [0.4, 0.5) is 0 Å². The molecule has 2 amide bonds. The summed E-state index contributed by atoms with van der Waals surface area (Å²) in [6, 6.07) is -0.313. The fraction of sp³-hybridized carbons (Fsp3) is 0.500. The minimum Gasteiger partial charge on any atom is -0.444 e. The molecule has 0 spiro atoms. The minimum atomic E-state index is -0.313. The van der Waals surface area contributed by atoms with Crippen molar-refractivity contribution in [1.29, 1.82) is 0 Å². The molecule has 6 nitrogen and oxygen atoms in total. The van der Waals surface area contributed by atoms with Crippen LogP contribution in [-0.2, 0) is 9.59 Å². The van der Waals surface area contributed by atoms with Crippen molar-refractivity contribution >= 4 is 11.8 Å². The van der Waals surface area contributed by atoms with E-state index in [-0.39, 0.29) is 30.9 Å². The third-order valence-corrected chi connectivity index (χ3v) is 2.54. The highest BCUT2D eigenvalue weighted by Crippen LogP contribution is 2.20. The van der Waals surface area contributed by atoms with Gasteiger partial charge in [-0.2, -0.15) is 0 Å². The van der Waals surface area contributed by atoms with Gasteiger partial charge in [-0.1, -0.05) is 0 Å². The summed E-state index contributed by atoms with van der Waals surface area (Å²) in [4.78, 5) is 28.3. The number of rotatable bonds is 2. The SMILES string of the molecule is Cc1cnc(C(C)N2CC(=O)NCC2=O)o1. The molecule has 0 aromatic carbocycles. The highest BCUT2D eigenvalue weighted by atomic mass is 16.4. The Morgan fingerprint density at radius 2 is 2.31 bits per heavy atom. The zero-order valence-corrected chi connectivity index (χ0v) is 9.19. The topological polar surface area (TPSA) is 75.4 Å². The van der Waals surface area contributed by atoms with Crippen molar-refractivity contribution in [1.82, 2.24) is 15.2 Å². The van der Waals surface area contributed by atoms with Gasteiger partial charge in [-0.05, 0) is 13.8 Å². The highest BCUT2D eigenvalue weighted by molar-refractivity contribution is 5.92. The monoisotopic (exact) mass is 223 g/mol. The molecule has 1 fully saturated rings. The van der Waals surface area contributed by atoms with Crippen LogP contribution in [0.1, 0.15) is 24.6 Å². The average Bonchev–Trinajstić information content (AvgIpc) is 2.67. The zero-order valence-electron chi connectivity index (χ0n) is 9.19. The molecular weight excluding hydrogens is 210 g/mol. The first kappa shape index (κ1) is 10.7. The Morgan fingerprint density at radius 1 is 1.56 bits per heavy atom. The van der Waals surface area contributed by atoms with Crippen molar-refractivity contribution in [2.45, 2.75) is 19.9 Å². The number of amides is 2. The number of oxazole rings is 1. The number of hydrogen-bond acceptors (Lipinski definition) is 4. The second-order valence-electron chi connectivity index (χ2n) is 3.78. The molecule has 1 saturated heterocycles. The van der Waals surface area contributed by atoms with Crippen LogP contribution in [0.2, 0.25) is 0 Å². The Hall–Kier alpha value is -1.85. The minimum absolute atomic E-state index is 0.0445. The second kappa shape index (κ2) is 3.96. The Bertz CT molecular complexity index is 427. The summed E-state index contributed by atoms with van der Waals surface area (Å²) >= 11 is 0. The van der Waals surface area contributed by atoms with E-state index in [9.17, 15) is 9.59 Å². The maximum atomic E-state index is 11.6. The van der Waals surface area contributed by atoms with E-state index in [0.717, 1.165) is 0 Å². The van der Waals surface area contributed by atoms with Gasteiger partial charge in [0.1, 0.15) is 18.3 Å². The Balaban J connectivity index is 2.17. The summed E-state index contributed by atoms with van der Waals surface area (Å²) in [7, 11) is 0. The molecule has 1 aliphatic heterocycles. The van der Waals surface area contributed by atoms with Gasteiger partial charge in [-0.15, -0.1) is 0 Å². The summed E-state index contributed by atoms with van der Waals surface area (Å²) < 4.78 is 5.35.